The molecule has 0 spiro atoms. The molecule has 0 saturated heterocycles. The van der Waals surface area contributed by atoms with Gasteiger partial charge in [0.15, 0.2) is 0 Å². The zero-order valence-corrected chi connectivity index (χ0v) is 9.69. The first-order chi connectivity index (χ1) is 7.86. The van der Waals surface area contributed by atoms with Gasteiger partial charge in [-0.15, -0.1) is 0 Å². The lowest BCUT2D eigenvalue weighted by molar-refractivity contribution is 0.0716. The van der Waals surface area contributed by atoms with E-state index in [0.29, 0.717) is 26.4 Å². The Kier molecular flexibility index (Phi) is 6.64. The largest absolute Gasteiger partial charge is 0.382 e. The summed E-state index contributed by atoms with van der Waals surface area (Å²) in [5.74, 6) is 0.809. The molecule has 0 saturated carbocycles. The van der Waals surface area contributed by atoms with Crippen molar-refractivity contribution in [1.82, 2.24) is 9.97 Å². The molecule has 90 valence electrons. The van der Waals surface area contributed by atoms with Crippen LogP contribution in [0, 0.1) is 0 Å². The number of hydrogen-bond acceptors (Lipinski definition) is 5. The van der Waals surface area contributed by atoms with Crippen LogP contribution >= 0.6 is 0 Å². The molecule has 0 aromatic carbocycles. The molecule has 0 aliphatic carbocycles. The zero-order chi connectivity index (χ0) is 11.6. The number of nitrogens with zero attached hydrogens (tertiary/aromatic N) is 2. The van der Waals surface area contributed by atoms with Crippen molar-refractivity contribution in [2.24, 2.45) is 5.73 Å². The molecule has 1 rings (SSSR count). The van der Waals surface area contributed by atoms with Crippen LogP contribution in [0.15, 0.2) is 12.3 Å². The summed E-state index contributed by atoms with van der Waals surface area (Å²) in [6, 6.07) is 1.89. The molecule has 0 aliphatic rings. The molecule has 5 nitrogen and oxygen atoms in total. The third-order valence-electron chi connectivity index (χ3n) is 2.07. The third kappa shape index (κ3) is 5.16. The van der Waals surface area contributed by atoms with Crippen LogP contribution in [-0.2, 0) is 22.3 Å². The summed E-state index contributed by atoms with van der Waals surface area (Å²) in [7, 11) is 1.66. The van der Waals surface area contributed by atoms with E-state index in [1.54, 1.807) is 13.3 Å². The third-order valence-corrected chi connectivity index (χ3v) is 2.07. The second kappa shape index (κ2) is 8.15. The van der Waals surface area contributed by atoms with Crippen molar-refractivity contribution in [2.45, 2.75) is 12.8 Å². The fourth-order valence-electron chi connectivity index (χ4n) is 1.26. The highest BCUT2D eigenvalue weighted by Crippen LogP contribution is 1.97. The minimum atomic E-state index is 0.610. The monoisotopic (exact) mass is 225 g/mol. The second-order valence-corrected chi connectivity index (χ2v) is 3.36. The summed E-state index contributed by atoms with van der Waals surface area (Å²) in [6.07, 6.45) is 3.28. The lowest BCUT2D eigenvalue weighted by Crippen LogP contribution is -2.09. The van der Waals surface area contributed by atoms with Gasteiger partial charge in [-0.3, -0.25) is 0 Å². The first-order valence-corrected chi connectivity index (χ1v) is 5.44. The molecular weight excluding hydrogens is 206 g/mol. The lowest BCUT2D eigenvalue weighted by atomic mass is 10.3. The Hall–Kier alpha value is -1.04. The van der Waals surface area contributed by atoms with E-state index in [9.17, 15) is 0 Å². The van der Waals surface area contributed by atoms with E-state index in [0.717, 1.165) is 24.4 Å². The molecule has 0 aliphatic heterocycles. The quantitative estimate of drug-likeness (QED) is 0.639. The van der Waals surface area contributed by atoms with Gasteiger partial charge >= 0.3 is 0 Å². The van der Waals surface area contributed by atoms with Gasteiger partial charge in [0.1, 0.15) is 5.82 Å². The summed E-state index contributed by atoms with van der Waals surface area (Å²) < 4.78 is 10.2. The standard InChI is InChI=1S/C11H19N3O2/c1-15-8-9-16-7-4-11-13-6-3-10(14-11)2-5-12/h3,6H,2,4-5,7-9,12H2,1H3. The van der Waals surface area contributed by atoms with Crippen LogP contribution in [0.1, 0.15) is 11.5 Å². The maximum Gasteiger partial charge on any atom is 0.130 e. The van der Waals surface area contributed by atoms with Crippen LogP contribution in [-0.4, -0.2) is 43.4 Å². The highest BCUT2D eigenvalue weighted by Gasteiger charge is 1.99. The van der Waals surface area contributed by atoms with E-state index in [4.69, 9.17) is 15.2 Å². The molecule has 0 fully saturated rings. The highest BCUT2D eigenvalue weighted by atomic mass is 16.5. The highest BCUT2D eigenvalue weighted by molar-refractivity contribution is 5.02. The fourth-order valence-corrected chi connectivity index (χ4v) is 1.26. The Balaban J connectivity index is 2.27. The Morgan fingerprint density at radius 1 is 1.25 bits per heavy atom. The molecule has 0 radical (unpaired) electrons. The summed E-state index contributed by atoms with van der Waals surface area (Å²) in [6.45, 7) is 2.46. The smallest absolute Gasteiger partial charge is 0.130 e. The van der Waals surface area contributed by atoms with Crippen molar-refractivity contribution in [3.63, 3.8) is 0 Å². The van der Waals surface area contributed by atoms with Crippen LogP contribution in [0.5, 0.6) is 0 Å². The molecule has 5 heteroatoms. The van der Waals surface area contributed by atoms with Crippen molar-refractivity contribution < 1.29 is 9.47 Å². The van der Waals surface area contributed by atoms with E-state index in [1.807, 2.05) is 6.07 Å². The van der Waals surface area contributed by atoms with Crippen LogP contribution in [0.4, 0.5) is 0 Å². The summed E-state index contributed by atoms with van der Waals surface area (Å²) in [5.41, 5.74) is 6.46. The SMILES string of the molecule is COCCOCCc1nccc(CCN)n1. The first kappa shape index (κ1) is 13.0. The minimum Gasteiger partial charge on any atom is -0.382 e. The number of aromatic nitrogens is 2. The minimum absolute atomic E-state index is 0.610. The van der Waals surface area contributed by atoms with Gasteiger partial charge in [0.2, 0.25) is 0 Å². The van der Waals surface area contributed by atoms with Crippen LogP contribution in [0.3, 0.4) is 0 Å². The van der Waals surface area contributed by atoms with Gasteiger partial charge in [0, 0.05) is 31.8 Å². The molecule has 0 amide bonds. The molecule has 1 heterocycles. The van der Waals surface area contributed by atoms with Gasteiger partial charge < -0.3 is 15.2 Å². The Bertz CT molecular complexity index is 294. The molecule has 1 aromatic heterocycles. The maximum atomic E-state index is 5.47. The van der Waals surface area contributed by atoms with Gasteiger partial charge in [-0.2, -0.15) is 0 Å². The number of hydrogen-bond donors (Lipinski definition) is 1. The van der Waals surface area contributed by atoms with Crippen molar-refractivity contribution in [1.29, 1.82) is 0 Å². The van der Waals surface area contributed by atoms with E-state index in [1.165, 1.54) is 0 Å². The Labute approximate surface area is 96.0 Å². The van der Waals surface area contributed by atoms with Gasteiger partial charge in [-0.05, 0) is 12.6 Å². The van der Waals surface area contributed by atoms with Crippen LogP contribution < -0.4 is 5.73 Å². The predicted octanol–water partition coefficient (Wildman–Crippen LogP) is 0.183. The summed E-state index contributed by atoms with van der Waals surface area (Å²) in [5, 5.41) is 0. The van der Waals surface area contributed by atoms with E-state index in [2.05, 4.69) is 9.97 Å². The van der Waals surface area contributed by atoms with Crippen LogP contribution in [0.25, 0.3) is 0 Å². The van der Waals surface area contributed by atoms with Crippen LogP contribution in [0.2, 0.25) is 0 Å². The normalized spacial score (nSPS) is 10.6. The topological polar surface area (TPSA) is 70.3 Å². The van der Waals surface area contributed by atoms with E-state index in [-0.39, 0.29) is 0 Å². The van der Waals surface area contributed by atoms with Crippen molar-refractivity contribution in [3.05, 3.63) is 23.8 Å². The van der Waals surface area contributed by atoms with Gasteiger partial charge in [-0.25, -0.2) is 9.97 Å². The van der Waals surface area contributed by atoms with E-state index >= 15 is 0 Å². The van der Waals surface area contributed by atoms with Crippen molar-refractivity contribution in [3.8, 4) is 0 Å². The maximum absolute atomic E-state index is 5.47. The second-order valence-electron chi connectivity index (χ2n) is 3.36. The number of rotatable bonds is 8. The molecule has 1 aromatic rings. The molecule has 0 bridgehead atoms. The zero-order valence-electron chi connectivity index (χ0n) is 9.69. The summed E-state index contributed by atoms with van der Waals surface area (Å²) in [4.78, 5) is 8.55. The Morgan fingerprint density at radius 2 is 2.12 bits per heavy atom. The fraction of sp³-hybridized carbons (Fsp3) is 0.636. The van der Waals surface area contributed by atoms with Gasteiger partial charge in [-0.1, -0.05) is 0 Å². The predicted molar refractivity (Wildman–Crippen MR) is 61.2 cm³/mol. The summed E-state index contributed by atoms with van der Waals surface area (Å²) >= 11 is 0. The molecule has 2 N–H and O–H groups in total. The number of methoxy groups -OCH3 is 1. The number of ether oxygens (including phenoxy) is 2. The lowest BCUT2D eigenvalue weighted by Gasteiger charge is -2.04. The average molecular weight is 225 g/mol. The van der Waals surface area contributed by atoms with Gasteiger partial charge in [0.05, 0.1) is 19.8 Å². The number of nitrogens with two attached hydrogens (primary N) is 1. The van der Waals surface area contributed by atoms with Crippen molar-refractivity contribution >= 4 is 0 Å². The average Bonchev–Trinajstić information content (AvgIpc) is 2.30. The first-order valence-electron chi connectivity index (χ1n) is 5.44. The van der Waals surface area contributed by atoms with Gasteiger partial charge in [0.25, 0.3) is 0 Å². The molecule has 0 atom stereocenters. The molecular formula is C11H19N3O2. The van der Waals surface area contributed by atoms with E-state index < -0.39 is 0 Å². The Morgan fingerprint density at radius 3 is 2.88 bits per heavy atom. The molecule has 0 unspecified atom stereocenters. The molecule has 16 heavy (non-hydrogen) atoms. The van der Waals surface area contributed by atoms with Crippen molar-refractivity contribution in [2.75, 3.05) is 33.5 Å².